The first-order chi connectivity index (χ1) is 10.5. The molecule has 1 heterocycles. The van der Waals surface area contributed by atoms with Crippen LogP contribution in [0, 0.1) is 5.92 Å². The minimum Gasteiger partial charge on any atom is -0.315 e. The van der Waals surface area contributed by atoms with Gasteiger partial charge in [-0.05, 0) is 55.8 Å². The normalized spacial score (nSPS) is 16.8. The molecule has 2 N–H and O–H groups in total. The predicted octanol–water partition coefficient (Wildman–Crippen LogP) is 1.90. The van der Waals surface area contributed by atoms with Gasteiger partial charge >= 0.3 is 0 Å². The van der Waals surface area contributed by atoms with Gasteiger partial charge in [0, 0.05) is 30.4 Å². The van der Waals surface area contributed by atoms with Gasteiger partial charge in [0.25, 0.3) is 0 Å². The number of sulfonamides is 1. The van der Waals surface area contributed by atoms with Crippen LogP contribution in [0.3, 0.4) is 0 Å². The molecule has 1 aliphatic rings. The molecule has 3 rings (SSSR count). The standard InChI is InChI=1S/C16H21N3O2S/c1-12(9-18-10-13-2-3-13)19-22(20,21)16-5-4-15-11-17-7-6-14(15)8-16/h4-8,11-13,18-19H,2-3,9-10H2,1H3. The van der Waals surface area contributed by atoms with Crippen LogP contribution in [-0.4, -0.2) is 32.5 Å². The Morgan fingerprint density at radius 3 is 2.86 bits per heavy atom. The third-order valence-electron chi connectivity index (χ3n) is 3.86. The van der Waals surface area contributed by atoms with E-state index in [9.17, 15) is 8.42 Å². The molecule has 1 atom stereocenters. The Bertz CT molecular complexity index is 757. The largest absolute Gasteiger partial charge is 0.315 e. The lowest BCUT2D eigenvalue weighted by Crippen LogP contribution is -2.40. The fourth-order valence-electron chi connectivity index (χ4n) is 2.43. The average molecular weight is 319 g/mol. The van der Waals surface area contributed by atoms with E-state index in [1.807, 2.05) is 13.0 Å². The summed E-state index contributed by atoms with van der Waals surface area (Å²) in [5.41, 5.74) is 0. The van der Waals surface area contributed by atoms with E-state index in [1.54, 1.807) is 30.6 Å². The molecule has 1 unspecified atom stereocenters. The van der Waals surface area contributed by atoms with Crippen molar-refractivity contribution in [2.45, 2.75) is 30.7 Å². The summed E-state index contributed by atoms with van der Waals surface area (Å²) in [5, 5.41) is 5.12. The monoisotopic (exact) mass is 319 g/mol. The summed E-state index contributed by atoms with van der Waals surface area (Å²) >= 11 is 0. The second-order valence-corrected chi connectivity index (χ2v) is 7.72. The molecule has 2 aromatic rings. The summed E-state index contributed by atoms with van der Waals surface area (Å²) in [4.78, 5) is 4.32. The molecular formula is C16H21N3O2S. The second kappa shape index (κ2) is 6.32. The second-order valence-electron chi connectivity index (χ2n) is 6.01. The highest BCUT2D eigenvalue weighted by Crippen LogP contribution is 2.27. The van der Waals surface area contributed by atoms with Crippen molar-refractivity contribution in [3.05, 3.63) is 36.7 Å². The number of hydrogen-bond acceptors (Lipinski definition) is 4. The molecule has 6 heteroatoms. The SMILES string of the molecule is CC(CNCC1CC1)NS(=O)(=O)c1ccc2cnccc2c1. The molecule has 0 spiro atoms. The van der Waals surface area contributed by atoms with Gasteiger partial charge < -0.3 is 5.32 Å². The summed E-state index contributed by atoms with van der Waals surface area (Å²) in [5.74, 6) is 0.790. The maximum atomic E-state index is 12.4. The number of hydrogen-bond donors (Lipinski definition) is 2. The van der Waals surface area contributed by atoms with Crippen LogP contribution in [0.5, 0.6) is 0 Å². The van der Waals surface area contributed by atoms with Gasteiger partial charge in [-0.3, -0.25) is 4.98 Å². The Labute approximate surface area is 131 Å². The minimum absolute atomic E-state index is 0.142. The van der Waals surface area contributed by atoms with Crippen LogP contribution in [0.1, 0.15) is 19.8 Å². The van der Waals surface area contributed by atoms with E-state index < -0.39 is 10.0 Å². The van der Waals surface area contributed by atoms with Gasteiger partial charge in [0.1, 0.15) is 0 Å². The van der Waals surface area contributed by atoms with Crippen molar-refractivity contribution in [1.29, 1.82) is 0 Å². The summed E-state index contributed by atoms with van der Waals surface area (Å²) in [6.45, 7) is 3.50. The summed E-state index contributed by atoms with van der Waals surface area (Å²) in [7, 11) is -3.50. The quantitative estimate of drug-likeness (QED) is 0.818. The number of fused-ring (bicyclic) bond motifs is 1. The number of aromatic nitrogens is 1. The number of rotatable bonds is 7. The van der Waals surface area contributed by atoms with Gasteiger partial charge in [-0.25, -0.2) is 13.1 Å². The molecule has 118 valence electrons. The molecule has 1 aromatic carbocycles. The highest BCUT2D eigenvalue weighted by atomic mass is 32.2. The zero-order chi connectivity index (χ0) is 15.6. The van der Waals surface area contributed by atoms with Gasteiger partial charge in [0.2, 0.25) is 10.0 Å². The Morgan fingerprint density at radius 2 is 2.09 bits per heavy atom. The molecule has 1 aromatic heterocycles. The topological polar surface area (TPSA) is 71.1 Å². The predicted molar refractivity (Wildman–Crippen MR) is 87.1 cm³/mol. The van der Waals surface area contributed by atoms with Crippen LogP contribution < -0.4 is 10.0 Å². The Kier molecular flexibility index (Phi) is 4.42. The maximum Gasteiger partial charge on any atom is 0.240 e. The molecule has 0 bridgehead atoms. The van der Waals surface area contributed by atoms with Gasteiger partial charge in [0.15, 0.2) is 0 Å². The first-order valence-electron chi connectivity index (χ1n) is 7.61. The molecule has 5 nitrogen and oxygen atoms in total. The summed E-state index contributed by atoms with van der Waals surface area (Å²) in [6.07, 6.45) is 5.97. The van der Waals surface area contributed by atoms with E-state index in [0.29, 0.717) is 11.4 Å². The van der Waals surface area contributed by atoms with E-state index in [4.69, 9.17) is 0 Å². The Hall–Kier alpha value is -1.50. The number of pyridine rings is 1. The van der Waals surface area contributed by atoms with Gasteiger partial charge in [-0.1, -0.05) is 6.07 Å². The van der Waals surface area contributed by atoms with Gasteiger partial charge in [-0.2, -0.15) is 0 Å². The van der Waals surface area contributed by atoms with Crippen molar-refractivity contribution in [1.82, 2.24) is 15.0 Å². The fourth-order valence-corrected chi connectivity index (χ4v) is 3.71. The van der Waals surface area contributed by atoms with Crippen molar-refractivity contribution >= 4 is 20.8 Å². The summed E-state index contributed by atoms with van der Waals surface area (Å²) < 4.78 is 27.6. The van der Waals surface area contributed by atoms with E-state index >= 15 is 0 Å². The lowest BCUT2D eigenvalue weighted by Gasteiger charge is -2.15. The van der Waals surface area contributed by atoms with Crippen LogP contribution in [0.2, 0.25) is 0 Å². The highest BCUT2D eigenvalue weighted by Gasteiger charge is 2.21. The first kappa shape index (κ1) is 15.4. The third-order valence-corrected chi connectivity index (χ3v) is 5.45. The van der Waals surface area contributed by atoms with Gasteiger partial charge in [-0.15, -0.1) is 0 Å². The molecule has 1 saturated carbocycles. The molecule has 0 saturated heterocycles. The minimum atomic E-state index is -3.50. The van der Waals surface area contributed by atoms with E-state index in [1.165, 1.54) is 12.8 Å². The van der Waals surface area contributed by atoms with Crippen LogP contribution in [-0.2, 0) is 10.0 Å². The van der Waals surface area contributed by atoms with Crippen molar-refractivity contribution in [3.8, 4) is 0 Å². The average Bonchev–Trinajstić information content (AvgIpc) is 3.30. The van der Waals surface area contributed by atoms with E-state index in [0.717, 1.165) is 23.2 Å². The van der Waals surface area contributed by atoms with Gasteiger partial charge in [0.05, 0.1) is 4.90 Å². The van der Waals surface area contributed by atoms with E-state index in [-0.39, 0.29) is 6.04 Å². The first-order valence-corrected chi connectivity index (χ1v) is 9.10. The molecule has 1 aliphatic carbocycles. The molecule has 22 heavy (non-hydrogen) atoms. The van der Waals surface area contributed by atoms with Crippen LogP contribution in [0.25, 0.3) is 10.8 Å². The molecular weight excluding hydrogens is 298 g/mol. The number of nitrogens with zero attached hydrogens (tertiary/aromatic N) is 1. The number of nitrogens with one attached hydrogen (secondary N) is 2. The molecule has 0 aliphatic heterocycles. The lowest BCUT2D eigenvalue weighted by molar-refractivity contribution is 0.529. The fraction of sp³-hybridized carbons (Fsp3) is 0.438. The highest BCUT2D eigenvalue weighted by molar-refractivity contribution is 7.89. The maximum absolute atomic E-state index is 12.4. The zero-order valence-corrected chi connectivity index (χ0v) is 13.4. The van der Waals surface area contributed by atoms with E-state index in [2.05, 4.69) is 15.0 Å². The molecule has 0 amide bonds. The van der Waals surface area contributed by atoms with Crippen LogP contribution >= 0.6 is 0 Å². The smallest absolute Gasteiger partial charge is 0.240 e. The van der Waals surface area contributed by atoms with Crippen LogP contribution in [0.15, 0.2) is 41.6 Å². The van der Waals surface area contributed by atoms with Crippen molar-refractivity contribution in [2.24, 2.45) is 5.92 Å². The molecule has 0 radical (unpaired) electrons. The van der Waals surface area contributed by atoms with Crippen molar-refractivity contribution in [3.63, 3.8) is 0 Å². The number of benzene rings is 1. The van der Waals surface area contributed by atoms with Crippen molar-refractivity contribution in [2.75, 3.05) is 13.1 Å². The van der Waals surface area contributed by atoms with Crippen LogP contribution in [0.4, 0.5) is 0 Å². The van der Waals surface area contributed by atoms with Crippen molar-refractivity contribution < 1.29 is 8.42 Å². The summed E-state index contributed by atoms with van der Waals surface area (Å²) in [6, 6.07) is 6.76. The zero-order valence-electron chi connectivity index (χ0n) is 12.6. The Balaban J connectivity index is 1.67. The lowest BCUT2D eigenvalue weighted by atomic mass is 10.2. The molecule has 1 fully saturated rings. The third kappa shape index (κ3) is 3.82. The Morgan fingerprint density at radius 1 is 1.27 bits per heavy atom.